The normalized spacial score (nSPS) is 14.5. The molecule has 0 radical (unpaired) electrons. The zero-order chi connectivity index (χ0) is 23.0. The van der Waals surface area contributed by atoms with E-state index in [0.717, 1.165) is 48.1 Å². The molecular formula is C28H29N3O2. The van der Waals surface area contributed by atoms with E-state index in [-0.39, 0.29) is 17.7 Å². The van der Waals surface area contributed by atoms with Crippen molar-refractivity contribution < 1.29 is 9.59 Å². The molecule has 0 unspecified atom stereocenters. The SMILES string of the molecule is CC(=NNC(=O)c1ccc(-c2ccccc2)cc1)c1ccc(NC(=O)C2CCCCC2)cc1. The van der Waals surface area contributed by atoms with Gasteiger partial charge in [0.15, 0.2) is 0 Å². The quantitative estimate of drug-likeness (QED) is 0.364. The summed E-state index contributed by atoms with van der Waals surface area (Å²) < 4.78 is 0. The summed E-state index contributed by atoms with van der Waals surface area (Å²) in [5.74, 6) is -0.0255. The summed E-state index contributed by atoms with van der Waals surface area (Å²) in [4.78, 5) is 24.9. The van der Waals surface area contributed by atoms with Crippen LogP contribution < -0.4 is 10.7 Å². The van der Waals surface area contributed by atoms with Crippen molar-refractivity contribution in [2.75, 3.05) is 5.32 Å². The van der Waals surface area contributed by atoms with Crippen LogP contribution in [0.5, 0.6) is 0 Å². The van der Waals surface area contributed by atoms with Crippen LogP contribution in [-0.2, 0) is 4.79 Å². The summed E-state index contributed by atoms with van der Waals surface area (Å²) >= 11 is 0. The Kier molecular flexibility index (Phi) is 7.30. The smallest absolute Gasteiger partial charge is 0.271 e. The van der Waals surface area contributed by atoms with Crippen LogP contribution in [0.4, 0.5) is 5.69 Å². The summed E-state index contributed by atoms with van der Waals surface area (Å²) in [6.45, 7) is 1.84. The van der Waals surface area contributed by atoms with Gasteiger partial charge in [-0.3, -0.25) is 9.59 Å². The Morgan fingerprint density at radius 2 is 1.36 bits per heavy atom. The number of anilines is 1. The third-order valence-corrected chi connectivity index (χ3v) is 6.13. The fraction of sp³-hybridized carbons (Fsp3) is 0.250. The molecule has 1 saturated carbocycles. The third kappa shape index (κ3) is 5.95. The van der Waals surface area contributed by atoms with Crippen LogP contribution in [0, 0.1) is 5.92 Å². The highest BCUT2D eigenvalue weighted by Gasteiger charge is 2.21. The fourth-order valence-electron chi connectivity index (χ4n) is 4.11. The number of rotatable bonds is 6. The Morgan fingerprint density at radius 1 is 0.758 bits per heavy atom. The van der Waals surface area contributed by atoms with Crippen LogP contribution >= 0.6 is 0 Å². The van der Waals surface area contributed by atoms with Gasteiger partial charge in [-0.15, -0.1) is 0 Å². The maximum atomic E-state index is 12.5. The minimum Gasteiger partial charge on any atom is -0.326 e. The van der Waals surface area contributed by atoms with E-state index in [9.17, 15) is 9.59 Å². The molecule has 1 aliphatic carbocycles. The highest BCUT2D eigenvalue weighted by atomic mass is 16.2. The summed E-state index contributed by atoms with van der Waals surface area (Å²) in [7, 11) is 0. The lowest BCUT2D eigenvalue weighted by Crippen LogP contribution is -2.24. The molecule has 168 valence electrons. The molecule has 3 aromatic rings. The number of amides is 2. The van der Waals surface area contributed by atoms with Crippen molar-refractivity contribution in [2.24, 2.45) is 11.0 Å². The number of hydrogen-bond acceptors (Lipinski definition) is 3. The lowest BCUT2D eigenvalue weighted by molar-refractivity contribution is -0.120. The van der Waals surface area contributed by atoms with Crippen molar-refractivity contribution in [3.8, 4) is 11.1 Å². The molecule has 0 aliphatic heterocycles. The monoisotopic (exact) mass is 439 g/mol. The van der Waals surface area contributed by atoms with E-state index in [4.69, 9.17) is 0 Å². The van der Waals surface area contributed by atoms with Crippen molar-refractivity contribution in [2.45, 2.75) is 39.0 Å². The van der Waals surface area contributed by atoms with Crippen molar-refractivity contribution in [3.63, 3.8) is 0 Å². The van der Waals surface area contributed by atoms with Gasteiger partial charge in [-0.1, -0.05) is 73.9 Å². The molecule has 1 fully saturated rings. The molecule has 5 heteroatoms. The second-order valence-electron chi connectivity index (χ2n) is 8.48. The predicted molar refractivity (Wildman–Crippen MR) is 133 cm³/mol. The van der Waals surface area contributed by atoms with Crippen molar-refractivity contribution in [3.05, 3.63) is 90.0 Å². The second-order valence-corrected chi connectivity index (χ2v) is 8.48. The first-order chi connectivity index (χ1) is 16.1. The fourth-order valence-corrected chi connectivity index (χ4v) is 4.11. The van der Waals surface area contributed by atoms with E-state index in [1.807, 2.05) is 73.7 Å². The standard InChI is InChI=1S/C28H29N3O2/c1-20(21-16-18-26(19-17-21)29-27(32)24-10-6-3-7-11-24)30-31-28(33)25-14-12-23(13-15-25)22-8-4-2-5-9-22/h2,4-5,8-9,12-19,24H,3,6-7,10-11H2,1H3,(H,29,32)(H,31,33). The molecule has 0 saturated heterocycles. The average molecular weight is 440 g/mol. The van der Waals surface area contributed by atoms with Gasteiger partial charge in [0.25, 0.3) is 5.91 Å². The first-order valence-corrected chi connectivity index (χ1v) is 11.5. The van der Waals surface area contributed by atoms with Crippen molar-refractivity contribution >= 4 is 23.2 Å². The molecular weight excluding hydrogens is 410 g/mol. The maximum absolute atomic E-state index is 12.5. The van der Waals surface area contributed by atoms with Crippen molar-refractivity contribution in [1.82, 2.24) is 5.43 Å². The number of carbonyl (C=O) groups is 2. The van der Waals surface area contributed by atoms with Gasteiger partial charge in [0.05, 0.1) is 5.71 Å². The summed E-state index contributed by atoms with van der Waals surface area (Å²) in [6.07, 6.45) is 5.45. The van der Waals surface area contributed by atoms with E-state index in [1.54, 1.807) is 12.1 Å². The van der Waals surface area contributed by atoms with E-state index < -0.39 is 0 Å². The molecule has 1 aliphatic rings. The van der Waals surface area contributed by atoms with Gasteiger partial charge in [0, 0.05) is 17.2 Å². The molecule has 0 spiro atoms. The van der Waals surface area contributed by atoms with Gasteiger partial charge < -0.3 is 5.32 Å². The second kappa shape index (κ2) is 10.7. The minimum absolute atomic E-state index is 0.110. The lowest BCUT2D eigenvalue weighted by Gasteiger charge is -2.20. The lowest BCUT2D eigenvalue weighted by atomic mass is 9.88. The number of hydrazone groups is 1. The molecule has 0 atom stereocenters. The predicted octanol–water partition coefficient (Wildman–Crippen LogP) is 6.03. The van der Waals surface area contributed by atoms with Crippen molar-refractivity contribution in [1.29, 1.82) is 0 Å². The van der Waals surface area contributed by atoms with Crippen LogP contribution in [0.1, 0.15) is 54.9 Å². The summed E-state index contributed by atoms with van der Waals surface area (Å²) in [5, 5.41) is 7.26. The molecule has 2 amide bonds. The Bertz CT molecular complexity index is 1110. The Hall–Kier alpha value is -3.73. The van der Waals surface area contributed by atoms with Crippen LogP contribution in [-0.4, -0.2) is 17.5 Å². The van der Waals surface area contributed by atoms with Gasteiger partial charge >= 0.3 is 0 Å². The molecule has 33 heavy (non-hydrogen) atoms. The van der Waals surface area contributed by atoms with Gasteiger partial charge in [-0.05, 0) is 60.7 Å². The zero-order valence-electron chi connectivity index (χ0n) is 18.9. The van der Waals surface area contributed by atoms with Crippen LogP contribution in [0.15, 0.2) is 84.0 Å². The van der Waals surface area contributed by atoms with E-state index in [0.29, 0.717) is 11.3 Å². The molecule has 4 rings (SSSR count). The van der Waals surface area contributed by atoms with Gasteiger partial charge in [-0.2, -0.15) is 5.10 Å². The van der Waals surface area contributed by atoms with Gasteiger partial charge in [0.2, 0.25) is 5.91 Å². The molecule has 3 aromatic carbocycles. The number of hydrogen-bond donors (Lipinski definition) is 2. The zero-order valence-corrected chi connectivity index (χ0v) is 18.9. The number of benzene rings is 3. The number of nitrogens with zero attached hydrogens (tertiary/aromatic N) is 1. The average Bonchev–Trinajstić information content (AvgIpc) is 2.88. The summed E-state index contributed by atoms with van der Waals surface area (Å²) in [6, 6.07) is 25.0. The Morgan fingerprint density at radius 3 is 2.03 bits per heavy atom. The minimum atomic E-state index is -0.259. The molecule has 0 heterocycles. The molecule has 5 nitrogen and oxygen atoms in total. The number of nitrogens with one attached hydrogen (secondary N) is 2. The first-order valence-electron chi connectivity index (χ1n) is 11.5. The third-order valence-electron chi connectivity index (χ3n) is 6.13. The molecule has 0 bridgehead atoms. The van der Waals surface area contributed by atoms with E-state index >= 15 is 0 Å². The first kappa shape index (κ1) is 22.5. The van der Waals surface area contributed by atoms with E-state index in [2.05, 4.69) is 15.8 Å². The topological polar surface area (TPSA) is 70.6 Å². The van der Waals surface area contributed by atoms with Crippen LogP contribution in [0.3, 0.4) is 0 Å². The highest BCUT2D eigenvalue weighted by molar-refractivity contribution is 6.01. The van der Waals surface area contributed by atoms with Gasteiger partial charge in [0.1, 0.15) is 0 Å². The Labute approximate surface area is 194 Å². The molecule has 2 N–H and O–H groups in total. The summed E-state index contributed by atoms with van der Waals surface area (Å²) in [5.41, 5.74) is 7.69. The Balaban J connectivity index is 1.33. The van der Waals surface area contributed by atoms with Gasteiger partial charge in [-0.25, -0.2) is 5.43 Å². The number of carbonyl (C=O) groups excluding carboxylic acids is 2. The van der Waals surface area contributed by atoms with Crippen LogP contribution in [0.2, 0.25) is 0 Å². The maximum Gasteiger partial charge on any atom is 0.271 e. The van der Waals surface area contributed by atoms with E-state index in [1.165, 1.54) is 6.42 Å². The van der Waals surface area contributed by atoms with Crippen LogP contribution in [0.25, 0.3) is 11.1 Å². The largest absolute Gasteiger partial charge is 0.326 e. The molecule has 0 aromatic heterocycles. The highest BCUT2D eigenvalue weighted by Crippen LogP contribution is 2.25.